The Hall–Kier alpha value is -2.82. The summed E-state index contributed by atoms with van der Waals surface area (Å²) in [5.74, 6) is 0.217. The first kappa shape index (κ1) is 26.4. The van der Waals surface area contributed by atoms with Gasteiger partial charge < -0.3 is 33.5 Å². The van der Waals surface area contributed by atoms with E-state index in [1.54, 1.807) is 7.11 Å². The average Bonchev–Trinajstić information content (AvgIpc) is 3.58. The fraction of sp³-hybridized carbons (Fsp3) is 0.655. The first-order valence-electron chi connectivity index (χ1n) is 13.7. The predicted octanol–water partition coefficient (Wildman–Crippen LogP) is 3.12. The van der Waals surface area contributed by atoms with Crippen molar-refractivity contribution >= 4 is 11.9 Å². The maximum atomic E-state index is 14.1. The predicted molar refractivity (Wildman–Crippen MR) is 137 cm³/mol. The first-order valence-corrected chi connectivity index (χ1v) is 13.7. The monoisotopic (exact) mass is 543 g/mol. The Labute approximate surface area is 228 Å². The van der Waals surface area contributed by atoms with Crippen LogP contribution in [-0.4, -0.2) is 78.9 Å². The number of rotatable bonds is 5. The van der Waals surface area contributed by atoms with Crippen molar-refractivity contribution in [3.63, 3.8) is 0 Å². The zero-order valence-corrected chi connectivity index (χ0v) is 23.0. The van der Waals surface area contributed by atoms with Crippen LogP contribution < -0.4 is 9.47 Å². The summed E-state index contributed by atoms with van der Waals surface area (Å²) in [6.07, 6.45) is 3.84. The standard InChI is InChI=1S/C29H37NO9/c1-27(2)7-5-9-29(39-27,14-23(32)35-4)26(33)38-25-22(34-3)13-28-8-6-10-30(28)15-19(31)17-11-20-21(37-16-36-20)12-18(17)24(25)28/h11-13,19,24-25,31H,5-10,14-16H2,1-4H3/t19-,24+,25?,28-,29+/m0/s1. The molecule has 1 aromatic rings. The Morgan fingerprint density at radius 1 is 1.08 bits per heavy atom. The number of carbonyl (C=O) groups excluding carboxylic acids is 2. The van der Waals surface area contributed by atoms with Gasteiger partial charge in [-0.3, -0.25) is 9.69 Å². The molecule has 5 atom stereocenters. The normalized spacial score (nSPS) is 34.3. The maximum Gasteiger partial charge on any atom is 0.339 e. The number of carbonyl (C=O) groups is 2. The molecule has 10 nitrogen and oxygen atoms in total. The summed E-state index contributed by atoms with van der Waals surface area (Å²) in [5, 5.41) is 11.3. The zero-order chi connectivity index (χ0) is 27.6. The summed E-state index contributed by atoms with van der Waals surface area (Å²) in [4.78, 5) is 28.9. The molecule has 1 aromatic carbocycles. The van der Waals surface area contributed by atoms with E-state index in [4.69, 9.17) is 28.4 Å². The van der Waals surface area contributed by atoms with Crippen molar-refractivity contribution in [1.29, 1.82) is 0 Å². The van der Waals surface area contributed by atoms with Crippen LogP contribution >= 0.6 is 0 Å². The van der Waals surface area contributed by atoms with E-state index in [2.05, 4.69) is 11.0 Å². The topological polar surface area (TPSA) is 113 Å². The van der Waals surface area contributed by atoms with Crippen LogP contribution in [0.5, 0.6) is 11.5 Å². The van der Waals surface area contributed by atoms with Gasteiger partial charge in [-0.15, -0.1) is 0 Å². The highest BCUT2D eigenvalue weighted by Gasteiger charge is 2.60. The highest BCUT2D eigenvalue weighted by Crippen LogP contribution is 2.57. The van der Waals surface area contributed by atoms with Gasteiger partial charge >= 0.3 is 11.9 Å². The van der Waals surface area contributed by atoms with E-state index in [0.717, 1.165) is 36.9 Å². The molecule has 10 heteroatoms. The number of β-amino-alcohol motifs (C(OH)–C–C–N with tert-alkyl or cyclic N) is 1. The highest BCUT2D eigenvalue weighted by molar-refractivity contribution is 5.86. The Bertz CT molecular complexity index is 1210. The maximum absolute atomic E-state index is 14.1. The van der Waals surface area contributed by atoms with Gasteiger partial charge in [0.25, 0.3) is 0 Å². The minimum atomic E-state index is -1.47. The number of hydrogen-bond donors (Lipinski definition) is 1. The number of esters is 2. The van der Waals surface area contributed by atoms with Gasteiger partial charge in [0.2, 0.25) is 6.79 Å². The molecule has 1 unspecified atom stereocenters. The lowest BCUT2D eigenvalue weighted by Gasteiger charge is -2.44. The lowest BCUT2D eigenvalue weighted by atomic mass is 9.77. The first-order chi connectivity index (χ1) is 18.6. The number of nitrogens with zero attached hydrogens (tertiary/aromatic N) is 1. The van der Waals surface area contributed by atoms with E-state index >= 15 is 0 Å². The van der Waals surface area contributed by atoms with E-state index in [-0.39, 0.29) is 19.1 Å². The number of ether oxygens (including phenoxy) is 6. The second-order valence-electron chi connectivity index (χ2n) is 11.9. The fourth-order valence-corrected chi connectivity index (χ4v) is 7.41. The molecule has 0 bridgehead atoms. The van der Waals surface area contributed by atoms with E-state index in [1.807, 2.05) is 26.0 Å². The van der Waals surface area contributed by atoms with Crippen molar-refractivity contribution in [1.82, 2.24) is 4.90 Å². The molecule has 4 heterocycles. The van der Waals surface area contributed by atoms with E-state index < -0.39 is 40.9 Å². The molecule has 1 N–H and O–H groups in total. The van der Waals surface area contributed by atoms with Crippen LogP contribution in [0, 0.1) is 0 Å². The molecule has 39 heavy (non-hydrogen) atoms. The van der Waals surface area contributed by atoms with Gasteiger partial charge in [0.05, 0.1) is 43.8 Å². The Morgan fingerprint density at radius 3 is 2.51 bits per heavy atom. The number of benzene rings is 1. The summed E-state index contributed by atoms with van der Waals surface area (Å²) in [6, 6.07) is 3.75. The van der Waals surface area contributed by atoms with E-state index in [9.17, 15) is 14.7 Å². The number of aliphatic hydroxyl groups excluding tert-OH is 1. The molecule has 2 fully saturated rings. The molecule has 2 saturated heterocycles. The van der Waals surface area contributed by atoms with Gasteiger partial charge in [-0.1, -0.05) is 0 Å². The lowest BCUT2D eigenvalue weighted by Crippen LogP contribution is -2.54. The third-order valence-corrected chi connectivity index (χ3v) is 9.10. The third-order valence-electron chi connectivity index (χ3n) is 9.10. The van der Waals surface area contributed by atoms with Gasteiger partial charge in [0, 0.05) is 6.54 Å². The van der Waals surface area contributed by atoms with Crippen molar-refractivity contribution in [2.45, 2.75) is 87.2 Å². The van der Waals surface area contributed by atoms with Gasteiger partial charge in [0.15, 0.2) is 23.2 Å². The molecule has 0 amide bonds. The number of methoxy groups -OCH3 is 2. The molecule has 212 valence electrons. The zero-order valence-electron chi connectivity index (χ0n) is 23.0. The molecule has 0 aromatic heterocycles. The average molecular weight is 544 g/mol. The van der Waals surface area contributed by atoms with Crippen molar-refractivity contribution < 1.29 is 43.1 Å². The number of aliphatic hydroxyl groups is 1. The second-order valence-corrected chi connectivity index (χ2v) is 11.9. The molecule has 4 aliphatic heterocycles. The highest BCUT2D eigenvalue weighted by atomic mass is 16.7. The van der Waals surface area contributed by atoms with Crippen molar-refractivity contribution in [3.05, 3.63) is 35.1 Å². The van der Waals surface area contributed by atoms with Gasteiger partial charge in [-0.2, -0.15) is 0 Å². The van der Waals surface area contributed by atoms with E-state index in [1.165, 1.54) is 7.11 Å². The Kier molecular flexibility index (Phi) is 6.35. The lowest BCUT2D eigenvalue weighted by molar-refractivity contribution is -0.216. The van der Waals surface area contributed by atoms with Gasteiger partial charge in [-0.05, 0) is 81.8 Å². The van der Waals surface area contributed by atoms with Gasteiger partial charge in [-0.25, -0.2) is 4.79 Å². The fourth-order valence-electron chi connectivity index (χ4n) is 7.41. The quantitative estimate of drug-likeness (QED) is 0.556. The van der Waals surface area contributed by atoms with Crippen LogP contribution in [0.3, 0.4) is 0 Å². The molecular weight excluding hydrogens is 506 g/mol. The SMILES string of the molecule is COC(=O)C[C@@]1(C(=O)OC2C(OC)=C[C@]34CCCN3C[C@H](O)c3cc5c(cc3[C@H]24)OCO5)CCCC(C)(C)O1. The minimum absolute atomic E-state index is 0.111. The van der Waals surface area contributed by atoms with Crippen LogP contribution in [0.1, 0.15) is 75.5 Å². The molecule has 0 saturated carbocycles. The second kappa shape index (κ2) is 9.38. The summed E-state index contributed by atoms with van der Waals surface area (Å²) in [6.45, 7) is 5.17. The minimum Gasteiger partial charge on any atom is -0.497 e. The van der Waals surface area contributed by atoms with Crippen molar-refractivity contribution in [2.75, 3.05) is 34.1 Å². The molecule has 6 rings (SSSR count). The summed E-state index contributed by atoms with van der Waals surface area (Å²) >= 11 is 0. The summed E-state index contributed by atoms with van der Waals surface area (Å²) < 4.78 is 34.9. The summed E-state index contributed by atoms with van der Waals surface area (Å²) in [7, 11) is 2.88. The van der Waals surface area contributed by atoms with Crippen LogP contribution in [-0.2, 0) is 28.5 Å². The molecule has 1 aliphatic carbocycles. The molecule has 0 radical (unpaired) electrons. The largest absolute Gasteiger partial charge is 0.497 e. The Balaban J connectivity index is 1.43. The molecular formula is C29H37NO9. The number of fused-ring (bicyclic) bond motifs is 3. The smallest absolute Gasteiger partial charge is 0.339 e. The number of hydrogen-bond acceptors (Lipinski definition) is 10. The van der Waals surface area contributed by atoms with E-state index in [0.29, 0.717) is 36.6 Å². The van der Waals surface area contributed by atoms with Gasteiger partial charge in [0.1, 0.15) is 5.76 Å². The molecule has 5 aliphatic rings. The van der Waals surface area contributed by atoms with Crippen LogP contribution in [0.2, 0.25) is 0 Å². The third kappa shape index (κ3) is 4.19. The van der Waals surface area contributed by atoms with Crippen molar-refractivity contribution in [2.24, 2.45) is 0 Å². The summed E-state index contributed by atoms with van der Waals surface area (Å²) in [5.41, 5.74) is -1.03. The molecule has 1 spiro atoms. The van der Waals surface area contributed by atoms with Crippen molar-refractivity contribution in [3.8, 4) is 11.5 Å². The Morgan fingerprint density at radius 2 is 1.82 bits per heavy atom. The van der Waals surface area contributed by atoms with Crippen LogP contribution in [0.25, 0.3) is 0 Å². The van der Waals surface area contributed by atoms with Crippen LogP contribution in [0.4, 0.5) is 0 Å². The van der Waals surface area contributed by atoms with Crippen LogP contribution in [0.15, 0.2) is 24.0 Å².